The molecule has 0 spiro atoms. The quantitative estimate of drug-likeness (QED) is 0.0929. The first kappa shape index (κ1) is 32.6. The van der Waals surface area contributed by atoms with Crippen LogP contribution in [0.5, 0.6) is 69.0 Å². The molecule has 51 heavy (non-hydrogen) atoms. The summed E-state index contributed by atoms with van der Waals surface area (Å²) in [5, 5.41) is 103. The number of hydrogen-bond donors (Lipinski definition) is 10. The van der Waals surface area contributed by atoms with Gasteiger partial charge in [-0.15, -0.1) is 0 Å². The summed E-state index contributed by atoms with van der Waals surface area (Å²) >= 11 is 0. The Hall–Kier alpha value is -6.90. The zero-order chi connectivity index (χ0) is 36.5. The number of phenols is 9. The minimum Gasteiger partial charge on any atom is -0.508 e. The number of phenolic OH excluding ortho intramolecular Hbond substituents is 9. The molecule has 0 bridgehead atoms. The van der Waals surface area contributed by atoms with Crippen molar-refractivity contribution in [3.63, 3.8) is 0 Å². The van der Waals surface area contributed by atoms with Crippen molar-refractivity contribution < 1.29 is 70.1 Å². The first-order chi connectivity index (χ1) is 24.2. The third-order valence-electron chi connectivity index (χ3n) is 8.94. The fourth-order valence-corrected chi connectivity index (χ4v) is 6.50. The van der Waals surface area contributed by atoms with Crippen LogP contribution in [-0.4, -0.2) is 63.1 Å². The van der Waals surface area contributed by atoms with Crippen LogP contribution in [0.3, 0.4) is 0 Å². The molecule has 2 heterocycles. The topological polar surface area (TPSA) is 264 Å². The maximum absolute atomic E-state index is 13.4. The Bertz CT molecular complexity index is 2330. The van der Waals surface area contributed by atoms with E-state index in [1.165, 1.54) is 18.2 Å². The summed E-state index contributed by atoms with van der Waals surface area (Å²) in [4.78, 5) is 26.7. The summed E-state index contributed by atoms with van der Waals surface area (Å²) in [6.45, 7) is 0. The van der Waals surface area contributed by atoms with Gasteiger partial charge in [-0.25, -0.2) is 4.79 Å². The fourth-order valence-electron chi connectivity index (χ4n) is 6.50. The highest BCUT2D eigenvalue weighted by atomic mass is 16.6. The molecule has 0 aromatic heterocycles. The fraction of sp³-hybridized carbons (Fsp3) is 0.167. The summed E-state index contributed by atoms with van der Waals surface area (Å²) in [6, 6.07) is 9.82. The molecule has 262 valence electrons. The van der Waals surface area contributed by atoms with Gasteiger partial charge in [-0.3, -0.25) is 4.79 Å². The lowest BCUT2D eigenvalue weighted by molar-refractivity contribution is -0.0184. The van der Waals surface area contributed by atoms with Gasteiger partial charge in [0.05, 0.1) is 10.9 Å². The molecule has 0 fully saturated rings. The molecule has 0 aliphatic carbocycles. The zero-order valence-corrected chi connectivity index (χ0v) is 26.1. The number of benzene rings is 4. The molecule has 2 aliphatic heterocycles. The highest BCUT2D eigenvalue weighted by Gasteiger charge is 2.39. The van der Waals surface area contributed by atoms with Gasteiger partial charge in [0.1, 0.15) is 46.7 Å². The Balaban J connectivity index is 1.40. The number of fused-ring (bicyclic) bond motifs is 3. The molecule has 5 aromatic carbocycles. The number of hydrogen-bond acceptors (Lipinski definition) is 15. The Morgan fingerprint density at radius 1 is 0.647 bits per heavy atom. The van der Waals surface area contributed by atoms with Crippen molar-refractivity contribution in [3.05, 3.63) is 92.6 Å². The van der Waals surface area contributed by atoms with Crippen molar-refractivity contribution in [2.45, 2.75) is 37.6 Å². The number of carbonyl (C=O) groups is 1. The first-order valence-electron chi connectivity index (χ1n) is 15.3. The number of carbonyl (C=O) groups excluding carboxylic acids is 1. The first-order valence-corrected chi connectivity index (χ1v) is 15.3. The monoisotopic (exact) mass is 700 g/mol. The summed E-state index contributed by atoms with van der Waals surface area (Å²) in [5.74, 6) is -7.50. The van der Waals surface area contributed by atoms with Gasteiger partial charge < -0.3 is 65.3 Å². The molecular weight excluding hydrogens is 672 g/mol. The van der Waals surface area contributed by atoms with E-state index < -0.39 is 80.9 Å². The maximum Gasteiger partial charge on any atom is 0.338 e. The molecule has 7 rings (SSSR count). The van der Waals surface area contributed by atoms with Crippen LogP contribution in [-0.2, 0) is 17.6 Å². The van der Waals surface area contributed by atoms with E-state index in [-0.39, 0.29) is 70.1 Å². The lowest BCUT2D eigenvalue weighted by Gasteiger charge is -2.34. The van der Waals surface area contributed by atoms with Crippen LogP contribution in [0, 0.1) is 0 Å². The van der Waals surface area contributed by atoms with E-state index in [2.05, 4.69) is 0 Å². The van der Waals surface area contributed by atoms with Crippen molar-refractivity contribution in [2.24, 2.45) is 0 Å². The van der Waals surface area contributed by atoms with E-state index in [9.17, 15) is 60.7 Å². The smallest absolute Gasteiger partial charge is 0.338 e. The van der Waals surface area contributed by atoms with E-state index >= 15 is 0 Å². The summed E-state index contributed by atoms with van der Waals surface area (Å²) in [7, 11) is 0. The average molecular weight is 701 g/mol. The van der Waals surface area contributed by atoms with Crippen molar-refractivity contribution in [3.8, 4) is 69.0 Å². The predicted molar refractivity (Wildman–Crippen MR) is 174 cm³/mol. The molecule has 15 heteroatoms. The van der Waals surface area contributed by atoms with E-state index in [1.54, 1.807) is 0 Å². The number of esters is 1. The normalized spacial score (nSPS) is 17.8. The van der Waals surface area contributed by atoms with Crippen LogP contribution in [0.2, 0.25) is 0 Å². The molecule has 0 saturated heterocycles. The zero-order valence-electron chi connectivity index (χ0n) is 26.1. The third-order valence-corrected chi connectivity index (χ3v) is 8.94. The summed E-state index contributed by atoms with van der Waals surface area (Å²) < 4.78 is 18.0. The molecule has 10 N–H and O–H groups in total. The molecular formula is C36H28O15. The Kier molecular flexibility index (Phi) is 7.62. The molecule has 5 aromatic rings. The average Bonchev–Trinajstić information content (AvgIpc) is 3.20. The van der Waals surface area contributed by atoms with Crippen molar-refractivity contribution in [2.75, 3.05) is 0 Å². The van der Waals surface area contributed by atoms with Crippen LogP contribution < -0.4 is 14.9 Å². The molecule has 0 saturated carbocycles. The minimum absolute atomic E-state index is 0.0540. The highest BCUT2D eigenvalue weighted by Crippen LogP contribution is 2.49. The Morgan fingerprint density at radius 2 is 1.25 bits per heavy atom. The molecule has 0 amide bonds. The van der Waals surface area contributed by atoms with Gasteiger partial charge in [0.25, 0.3) is 0 Å². The predicted octanol–water partition coefficient (Wildman–Crippen LogP) is 4.22. The maximum atomic E-state index is 13.4. The van der Waals surface area contributed by atoms with Gasteiger partial charge in [-0.05, 0) is 54.1 Å². The minimum atomic E-state index is -1.46. The van der Waals surface area contributed by atoms with Crippen LogP contribution >= 0.6 is 0 Å². The lowest BCUT2D eigenvalue weighted by Crippen LogP contribution is -2.35. The van der Waals surface area contributed by atoms with Crippen molar-refractivity contribution >= 4 is 16.7 Å². The van der Waals surface area contributed by atoms with Crippen LogP contribution in [0.1, 0.15) is 51.2 Å². The van der Waals surface area contributed by atoms with E-state index in [0.717, 1.165) is 36.4 Å². The van der Waals surface area contributed by atoms with Gasteiger partial charge in [0.15, 0.2) is 40.6 Å². The molecule has 0 radical (unpaired) electrons. The lowest BCUT2D eigenvalue weighted by atomic mass is 9.90. The van der Waals surface area contributed by atoms with Crippen molar-refractivity contribution in [1.29, 1.82) is 0 Å². The summed E-state index contributed by atoms with van der Waals surface area (Å²) in [6.07, 6.45) is -3.56. The van der Waals surface area contributed by atoms with Crippen LogP contribution in [0.4, 0.5) is 0 Å². The molecule has 2 aliphatic rings. The van der Waals surface area contributed by atoms with E-state index in [0.29, 0.717) is 5.56 Å². The van der Waals surface area contributed by atoms with Crippen LogP contribution in [0.15, 0.2) is 59.4 Å². The van der Waals surface area contributed by atoms with Gasteiger partial charge in [-0.1, -0.05) is 0 Å². The van der Waals surface area contributed by atoms with Gasteiger partial charge >= 0.3 is 5.97 Å². The number of ether oxygens (including phenoxy) is 3. The van der Waals surface area contributed by atoms with E-state index in [4.69, 9.17) is 14.2 Å². The SMILES string of the molecule is O=C(OC1Cc2c(O)cc(O)cc2OC1c1cc(O)c(O)c2c(O)c(=O)cc(C3CCc4c(O)cc(O)cc4O3)cc12)c1cc(O)c(O)c(O)c1. The second-order valence-corrected chi connectivity index (χ2v) is 12.2. The second kappa shape index (κ2) is 11.9. The Morgan fingerprint density at radius 3 is 1.92 bits per heavy atom. The summed E-state index contributed by atoms with van der Waals surface area (Å²) in [5.41, 5.74) is -0.734. The molecule has 3 atom stereocenters. The highest BCUT2D eigenvalue weighted by molar-refractivity contribution is 5.98. The molecule has 3 unspecified atom stereocenters. The standard InChI is InChI=1S/C36H28O15/c37-15-7-21(39)17-1-2-27(49-28(17)9-15)13-3-18-19(11-26(44)34(47)31(18)33(46)25(43)4-13)35-30(12-20-22(40)8-16(38)10-29(20)50-35)51-36(48)14-5-23(41)32(45)24(42)6-14/h3-11,27,30,35,37-42,44-45,47H,1-2,12H2,(H,43,46). The number of rotatable bonds is 4. The van der Waals surface area contributed by atoms with E-state index in [1.807, 2.05) is 0 Å². The van der Waals surface area contributed by atoms with Crippen LogP contribution in [0.25, 0.3) is 10.8 Å². The van der Waals surface area contributed by atoms with Crippen molar-refractivity contribution in [1.82, 2.24) is 0 Å². The van der Waals surface area contributed by atoms with Gasteiger partial charge in [0.2, 0.25) is 5.43 Å². The molecule has 15 nitrogen and oxygen atoms in total. The Labute approximate surface area is 285 Å². The third kappa shape index (κ3) is 5.59. The largest absolute Gasteiger partial charge is 0.508 e. The van der Waals surface area contributed by atoms with Gasteiger partial charge in [0, 0.05) is 47.4 Å². The number of aromatic hydroxyl groups is 10. The second-order valence-electron chi connectivity index (χ2n) is 12.2. The van der Waals surface area contributed by atoms with Gasteiger partial charge in [-0.2, -0.15) is 0 Å².